The summed E-state index contributed by atoms with van der Waals surface area (Å²) >= 11 is 0. The molecule has 4 aliphatic rings. The Hall–Kier alpha value is -0.760. The number of hydrogen-bond acceptors (Lipinski definition) is 2. The van der Waals surface area contributed by atoms with E-state index in [1.165, 1.54) is 0 Å². The van der Waals surface area contributed by atoms with Gasteiger partial charge in [0, 0.05) is 0 Å². The Morgan fingerprint density at radius 2 is 1.41 bits per heavy atom. The fraction of sp³-hybridized carbons (Fsp3) is 0.923. The van der Waals surface area contributed by atoms with Gasteiger partial charge in [-0.2, -0.15) is 26.3 Å². The Labute approximate surface area is 198 Å². The standard InChI is InChI=1S/C26H38F6O2/c1-15(8-13-24(34,25(27,28)29)26(30,31)32)19-6-7-20-18-5-4-16-14-17(33)9-11-22(16,2)21(18)10-12-23(19,20)3/h8,13,15-21,33-34H,4-7,9-12,14H2,1-3H3/b13-8+/t15?,16?,17-,18?,19?,20?,21?,22?,23?/m1/s1. The molecule has 0 aliphatic heterocycles. The van der Waals surface area contributed by atoms with Crippen molar-refractivity contribution in [2.45, 2.75) is 103 Å². The highest BCUT2D eigenvalue weighted by Gasteiger charge is 2.69. The first-order chi connectivity index (χ1) is 15.5. The van der Waals surface area contributed by atoms with Gasteiger partial charge in [0.25, 0.3) is 5.60 Å². The normalized spacial score (nSPS) is 44.4. The van der Waals surface area contributed by atoms with Crippen LogP contribution in [-0.2, 0) is 0 Å². The lowest BCUT2D eigenvalue weighted by atomic mass is 9.44. The zero-order chi connectivity index (χ0) is 25.3. The maximum absolute atomic E-state index is 13.1. The van der Waals surface area contributed by atoms with Crippen molar-refractivity contribution in [2.75, 3.05) is 0 Å². The Morgan fingerprint density at radius 1 is 0.824 bits per heavy atom. The molecule has 0 aromatic heterocycles. The van der Waals surface area contributed by atoms with Crippen molar-refractivity contribution in [3.63, 3.8) is 0 Å². The Morgan fingerprint density at radius 3 is 2.03 bits per heavy atom. The summed E-state index contributed by atoms with van der Waals surface area (Å²) in [5.41, 5.74) is -4.75. The predicted octanol–water partition coefficient (Wildman–Crippen LogP) is 7.05. The minimum absolute atomic E-state index is 0.0147. The lowest BCUT2D eigenvalue weighted by Crippen LogP contribution is -2.55. The van der Waals surface area contributed by atoms with Crippen LogP contribution < -0.4 is 0 Å². The number of fused-ring (bicyclic) bond motifs is 5. The van der Waals surface area contributed by atoms with Gasteiger partial charge in [0.2, 0.25) is 0 Å². The summed E-state index contributed by atoms with van der Waals surface area (Å²) in [6.45, 7) is 6.26. The van der Waals surface area contributed by atoms with Crippen molar-refractivity contribution in [1.29, 1.82) is 0 Å². The van der Waals surface area contributed by atoms with Crippen LogP contribution >= 0.6 is 0 Å². The van der Waals surface area contributed by atoms with Gasteiger partial charge in [-0.1, -0.05) is 26.8 Å². The highest BCUT2D eigenvalue weighted by Crippen LogP contribution is 2.68. The minimum Gasteiger partial charge on any atom is -0.393 e. The molecule has 2 N–H and O–H groups in total. The van der Waals surface area contributed by atoms with Crippen molar-refractivity contribution >= 4 is 0 Å². The monoisotopic (exact) mass is 496 g/mol. The summed E-state index contributed by atoms with van der Waals surface area (Å²) < 4.78 is 78.7. The predicted molar refractivity (Wildman–Crippen MR) is 117 cm³/mol. The van der Waals surface area contributed by atoms with Gasteiger partial charge >= 0.3 is 12.4 Å². The molecule has 4 rings (SSSR count). The van der Waals surface area contributed by atoms with Gasteiger partial charge in [-0.05, 0) is 110 Å². The largest absolute Gasteiger partial charge is 0.429 e. The molecule has 8 unspecified atom stereocenters. The molecule has 0 bridgehead atoms. The zero-order valence-electron chi connectivity index (χ0n) is 20.2. The fourth-order valence-corrected chi connectivity index (χ4v) is 8.91. The molecular weight excluding hydrogens is 458 g/mol. The number of halogens is 6. The molecule has 9 atom stereocenters. The van der Waals surface area contributed by atoms with E-state index in [9.17, 15) is 36.6 Å². The quantitative estimate of drug-likeness (QED) is 0.325. The summed E-state index contributed by atoms with van der Waals surface area (Å²) in [5, 5.41) is 19.7. The van der Waals surface area contributed by atoms with Crippen molar-refractivity contribution < 1.29 is 36.6 Å². The first-order valence-electron chi connectivity index (χ1n) is 12.8. The van der Waals surface area contributed by atoms with Crippen LogP contribution in [0.2, 0.25) is 0 Å². The van der Waals surface area contributed by atoms with Crippen molar-refractivity contribution in [1.82, 2.24) is 0 Å². The van der Waals surface area contributed by atoms with Gasteiger partial charge in [-0.25, -0.2) is 0 Å². The molecule has 196 valence electrons. The van der Waals surface area contributed by atoms with Crippen molar-refractivity contribution in [2.24, 2.45) is 46.3 Å². The molecule has 8 heteroatoms. The summed E-state index contributed by atoms with van der Waals surface area (Å²) in [6.07, 6.45) is -2.38. The van der Waals surface area contributed by atoms with E-state index in [-0.39, 0.29) is 28.9 Å². The van der Waals surface area contributed by atoms with E-state index in [2.05, 4.69) is 13.8 Å². The number of allylic oxidation sites excluding steroid dienone is 1. The Bertz CT molecular complexity index is 777. The van der Waals surface area contributed by atoms with E-state index in [1.807, 2.05) is 0 Å². The summed E-state index contributed by atoms with van der Waals surface area (Å²) in [6, 6.07) is 0. The smallest absolute Gasteiger partial charge is 0.393 e. The molecule has 0 radical (unpaired) electrons. The molecule has 34 heavy (non-hydrogen) atoms. The molecule has 0 heterocycles. The highest BCUT2D eigenvalue weighted by atomic mass is 19.4. The lowest BCUT2D eigenvalue weighted by Gasteiger charge is -2.61. The second-order valence-electron chi connectivity index (χ2n) is 12.3. The van der Waals surface area contributed by atoms with E-state index in [0.29, 0.717) is 23.7 Å². The first-order valence-corrected chi connectivity index (χ1v) is 12.8. The maximum atomic E-state index is 13.1. The molecular formula is C26H38F6O2. The number of aliphatic hydroxyl groups excluding tert-OH is 1. The number of aliphatic hydroxyl groups is 2. The third kappa shape index (κ3) is 3.93. The second kappa shape index (κ2) is 8.39. The third-order valence-electron chi connectivity index (χ3n) is 10.9. The Balaban J connectivity index is 1.53. The molecule has 4 fully saturated rings. The molecule has 0 aromatic rings. The summed E-state index contributed by atoms with van der Waals surface area (Å²) in [4.78, 5) is 0. The molecule has 4 aliphatic carbocycles. The molecule has 0 spiro atoms. The van der Waals surface area contributed by atoms with Crippen molar-refractivity contribution in [3.05, 3.63) is 12.2 Å². The topological polar surface area (TPSA) is 40.5 Å². The van der Waals surface area contributed by atoms with Gasteiger partial charge in [-0.15, -0.1) is 0 Å². The van der Waals surface area contributed by atoms with Gasteiger partial charge in [0.05, 0.1) is 6.10 Å². The maximum Gasteiger partial charge on any atom is 0.429 e. The average Bonchev–Trinajstić information content (AvgIpc) is 3.08. The van der Waals surface area contributed by atoms with Crippen LogP contribution in [0.15, 0.2) is 12.2 Å². The fourth-order valence-electron chi connectivity index (χ4n) is 8.91. The molecule has 0 amide bonds. The molecule has 0 saturated heterocycles. The molecule has 2 nitrogen and oxygen atoms in total. The van der Waals surface area contributed by atoms with Gasteiger partial charge < -0.3 is 10.2 Å². The SMILES string of the molecule is CC(/C=C/C(O)(C(F)(F)F)C(F)(F)F)C1CCC2C3CCC4C[C@H](O)CCC4(C)C3CCC12C. The van der Waals surface area contributed by atoms with Crippen LogP contribution in [0.4, 0.5) is 26.3 Å². The van der Waals surface area contributed by atoms with Gasteiger partial charge in [0.15, 0.2) is 0 Å². The van der Waals surface area contributed by atoms with Crippen LogP contribution in [0.3, 0.4) is 0 Å². The van der Waals surface area contributed by atoms with E-state index >= 15 is 0 Å². The van der Waals surface area contributed by atoms with Crippen molar-refractivity contribution in [3.8, 4) is 0 Å². The van der Waals surface area contributed by atoms with E-state index in [0.717, 1.165) is 63.9 Å². The number of rotatable bonds is 3. The van der Waals surface area contributed by atoms with Gasteiger partial charge in [-0.3, -0.25) is 0 Å². The number of hydrogen-bond donors (Lipinski definition) is 2. The van der Waals surface area contributed by atoms with Crippen LogP contribution in [0.5, 0.6) is 0 Å². The average molecular weight is 497 g/mol. The summed E-state index contributed by atoms with van der Waals surface area (Å²) in [5.74, 6) is 1.53. The Kier molecular flexibility index (Phi) is 6.49. The highest BCUT2D eigenvalue weighted by molar-refractivity contribution is 5.15. The van der Waals surface area contributed by atoms with E-state index in [4.69, 9.17) is 0 Å². The molecule has 4 saturated carbocycles. The second-order valence-corrected chi connectivity index (χ2v) is 12.3. The van der Waals surface area contributed by atoms with Crippen LogP contribution in [-0.4, -0.2) is 34.3 Å². The van der Waals surface area contributed by atoms with Gasteiger partial charge in [0.1, 0.15) is 0 Å². The summed E-state index contributed by atoms with van der Waals surface area (Å²) in [7, 11) is 0. The third-order valence-corrected chi connectivity index (χ3v) is 10.9. The number of alkyl halides is 6. The van der Waals surface area contributed by atoms with Crippen LogP contribution in [0.1, 0.15) is 78.6 Å². The van der Waals surface area contributed by atoms with E-state index in [1.54, 1.807) is 6.92 Å². The van der Waals surface area contributed by atoms with Crippen LogP contribution in [0.25, 0.3) is 0 Å². The van der Waals surface area contributed by atoms with Crippen LogP contribution in [0, 0.1) is 46.3 Å². The minimum atomic E-state index is -5.83. The zero-order valence-corrected chi connectivity index (χ0v) is 20.2. The van der Waals surface area contributed by atoms with E-state index < -0.39 is 23.9 Å². The first kappa shape index (κ1) is 26.3. The lowest BCUT2D eigenvalue weighted by molar-refractivity contribution is -0.347. The molecule has 0 aromatic carbocycles.